The van der Waals surface area contributed by atoms with Crippen LogP contribution in [-0.2, 0) is 6.42 Å². The molecule has 0 radical (unpaired) electrons. The first-order valence-electron chi connectivity index (χ1n) is 6.96. The van der Waals surface area contributed by atoms with Gasteiger partial charge in [-0.3, -0.25) is 4.79 Å². The molecule has 0 aliphatic rings. The Hall–Kier alpha value is -2.03. The molecule has 0 aliphatic carbocycles. The van der Waals surface area contributed by atoms with Crippen LogP contribution in [0.15, 0.2) is 36.4 Å². The quantitative estimate of drug-likeness (QED) is 0.737. The van der Waals surface area contributed by atoms with Crippen molar-refractivity contribution in [3.05, 3.63) is 70.3 Å². The zero-order chi connectivity index (χ0) is 15.6. The van der Waals surface area contributed by atoms with Crippen LogP contribution in [0.2, 0.25) is 0 Å². The van der Waals surface area contributed by atoms with Crippen molar-refractivity contribution in [3.8, 4) is 0 Å². The Morgan fingerprint density at radius 3 is 2.24 bits per heavy atom. The maximum Gasteiger partial charge on any atom is 0.173 e. The number of benzene rings is 2. The number of aryl methyl sites for hydroxylation is 1. The first kappa shape index (κ1) is 15.4. The number of Topliss-reactive ketones (excluding diaryl/α,β-unsaturated/α-hetero) is 1. The number of carbonyl (C=O) groups excluding carboxylic acids is 1. The normalized spacial score (nSPS) is 11.0. The summed E-state index contributed by atoms with van der Waals surface area (Å²) in [5.41, 5.74) is 1.75. The van der Waals surface area contributed by atoms with E-state index in [1.54, 1.807) is 0 Å². The van der Waals surface area contributed by atoms with Gasteiger partial charge in [-0.05, 0) is 35.6 Å². The van der Waals surface area contributed by atoms with E-state index in [4.69, 9.17) is 0 Å². The van der Waals surface area contributed by atoms with Crippen LogP contribution in [0.4, 0.5) is 8.78 Å². The average Bonchev–Trinajstić information content (AvgIpc) is 2.44. The van der Waals surface area contributed by atoms with Gasteiger partial charge in [0.2, 0.25) is 0 Å². The van der Waals surface area contributed by atoms with Gasteiger partial charge in [-0.2, -0.15) is 0 Å². The summed E-state index contributed by atoms with van der Waals surface area (Å²) in [4.78, 5) is 12.1. The number of hydrogen-bond donors (Lipinski definition) is 0. The maximum atomic E-state index is 13.9. The molecule has 0 amide bonds. The average molecular weight is 288 g/mol. The lowest BCUT2D eigenvalue weighted by molar-refractivity contribution is 0.0984. The Bertz CT molecular complexity index is 658. The molecule has 2 aromatic rings. The summed E-state index contributed by atoms with van der Waals surface area (Å²) >= 11 is 0. The lowest BCUT2D eigenvalue weighted by Gasteiger charge is -2.08. The van der Waals surface area contributed by atoms with E-state index in [2.05, 4.69) is 13.8 Å². The highest BCUT2D eigenvalue weighted by Gasteiger charge is 2.19. The lowest BCUT2D eigenvalue weighted by atomic mass is 9.97. The highest BCUT2D eigenvalue weighted by molar-refractivity contribution is 5.98. The van der Waals surface area contributed by atoms with E-state index in [-0.39, 0.29) is 12.0 Å². The molecule has 2 rings (SSSR count). The predicted molar refractivity (Wildman–Crippen MR) is 79.7 cm³/mol. The minimum Gasteiger partial charge on any atom is -0.294 e. The largest absolute Gasteiger partial charge is 0.294 e. The molecule has 1 nitrogen and oxygen atoms in total. The lowest BCUT2D eigenvalue weighted by Crippen LogP contribution is -2.10. The van der Waals surface area contributed by atoms with Gasteiger partial charge in [0.15, 0.2) is 5.78 Å². The van der Waals surface area contributed by atoms with Crippen molar-refractivity contribution in [3.63, 3.8) is 0 Å². The van der Waals surface area contributed by atoms with Crippen molar-refractivity contribution in [2.45, 2.75) is 33.1 Å². The van der Waals surface area contributed by atoms with E-state index >= 15 is 0 Å². The SMILES string of the molecule is Cc1ccc(F)c(C(=O)Cc2ccc(C(C)C)cc2)c1F. The summed E-state index contributed by atoms with van der Waals surface area (Å²) in [7, 11) is 0. The van der Waals surface area contributed by atoms with Gasteiger partial charge in [0.1, 0.15) is 11.6 Å². The fourth-order valence-electron chi connectivity index (χ4n) is 2.21. The minimum atomic E-state index is -0.804. The Balaban J connectivity index is 2.24. The predicted octanol–water partition coefficient (Wildman–Crippen LogP) is 4.82. The summed E-state index contributed by atoms with van der Waals surface area (Å²) in [6.45, 7) is 5.68. The molecule has 0 fully saturated rings. The standard InChI is InChI=1S/C18H18F2O/c1-11(2)14-7-5-13(6-8-14)10-16(21)17-15(19)9-4-12(3)18(17)20/h4-9,11H,10H2,1-3H3. The zero-order valence-corrected chi connectivity index (χ0v) is 12.4. The van der Waals surface area contributed by atoms with E-state index in [9.17, 15) is 13.6 Å². The fraction of sp³-hybridized carbons (Fsp3) is 0.278. The Morgan fingerprint density at radius 2 is 1.67 bits per heavy atom. The van der Waals surface area contributed by atoms with Crippen LogP contribution in [0.25, 0.3) is 0 Å². The van der Waals surface area contributed by atoms with E-state index in [1.807, 2.05) is 24.3 Å². The Labute approximate surface area is 123 Å². The molecule has 21 heavy (non-hydrogen) atoms. The van der Waals surface area contributed by atoms with Gasteiger partial charge in [-0.25, -0.2) is 8.78 Å². The summed E-state index contributed by atoms with van der Waals surface area (Å²) in [5.74, 6) is -1.70. The van der Waals surface area contributed by atoms with Gasteiger partial charge >= 0.3 is 0 Å². The van der Waals surface area contributed by atoms with Gasteiger partial charge in [-0.15, -0.1) is 0 Å². The van der Waals surface area contributed by atoms with Crippen molar-refractivity contribution >= 4 is 5.78 Å². The molecule has 2 aromatic carbocycles. The number of hydrogen-bond acceptors (Lipinski definition) is 1. The monoisotopic (exact) mass is 288 g/mol. The second kappa shape index (κ2) is 6.17. The van der Waals surface area contributed by atoms with Crippen molar-refractivity contribution in [2.24, 2.45) is 0 Å². The van der Waals surface area contributed by atoms with Crippen molar-refractivity contribution < 1.29 is 13.6 Å². The molecular formula is C18H18F2O. The van der Waals surface area contributed by atoms with Crippen LogP contribution in [0.5, 0.6) is 0 Å². The summed E-state index contributed by atoms with van der Waals surface area (Å²) in [6, 6.07) is 10.0. The summed E-state index contributed by atoms with van der Waals surface area (Å²) < 4.78 is 27.6. The summed E-state index contributed by atoms with van der Waals surface area (Å²) in [5, 5.41) is 0. The van der Waals surface area contributed by atoms with E-state index in [0.29, 0.717) is 5.92 Å². The smallest absolute Gasteiger partial charge is 0.173 e. The van der Waals surface area contributed by atoms with Crippen LogP contribution in [0, 0.1) is 18.6 Å². The molecule has 0 spiro atoms. The molecule has 0 N–H and O–H groups in total. The number of halogens is 2. The van der Waals surface area contributed by atoms with Crippen molar-refractivity contribution in [2.75, 3.05) is 0 Å². The van der Waals surface area contributed by atoms with Gasteiger partial charge in [0.25, 0.3) is 0 Å². The van der Waals surface area contributed by atoms with Gasteiger partial charge in [0.05, 0.1) is 5.56 Å². The highest BCUT2D eigenvalue weighted by atomic mass is 19.1. The van der Waals surface area contributed by atoms with Gasteiger partial charge < -0.3 is 0 Å². The Morgan fingerprint density at radius 1 is 1.05 bits per heavy atom. The molecule has 0 saturated heterocycles. The molecule has 110 valence electrons. The second-order valence-corrected chi connectivity index (χ2v) is 5.55. The Kier molecular flexibility index (Phi) is 4.51. The van der Waals surface area contributed by atoms with Crippen LogP contribution >= 0.6 is 0 Å². The fourth-order valence-corrected chi connectivity index (χ4v) is 2.21. The second-order valence-electron chi connectivity index (χ2n) is 5.55. The first-order chi connectivity index (χ1) is 9.90. The first-order valence-corrected chi connectivity index (χ1v) is 6.96. The maximum absolute atomic E-state index is 13.9. The molecule has 0 saturated carbocycles. The van der Waals surface area contributed by atoms with E-state index in [0.717, 1.165) is 11.6 Å². The third kappa shape index (κ3) is 3.35. The highest BCUT2D eigenvalue weighted by Crippen LogP contribution is 2.20. The van der Waals surface area contributed by atoms with Crippen molar-refractivity contribution in [1.82, 2.24) is 0 Å². The van der Waals surface area contributed by atoms with Gasteiger partial charge in [-0.1, -0.05) is 44.2 Å². The van der Waals surface area contributed by atoms with E-state index in [1.165, 1.54) is 18.6 Å². The molecule has 0 bridgehead atoms. The zero-order valence-electron chi connectivity index (χ0n) is 12.4. The molecule has 0 aromatic heterocycles. The topological polar surface area (TPSA) is 17.1 Å². The number of rotatable bonds is 4. The molecule has 0 heterocycles. The third-order valence-corrected chi connectivity index (χ3v) is 3.57. The summed E-state index contributed by atoms with van der Waals surface area (Å²) in [6.07, 6.45) is -0.00430. The molecule has 0 unspecified atom stereocenters. The molecular weight excluding hydrogens is 270 g/mol. The van der Waals surface area contributed by atoms with Crippen molar-refractivity contribution in [1.29, 1.82) is 0 Å². The number of ketones is 1. The van der Waals surface area contributed by atoms with Crippen LogP contribution in [-0.4, -0.2) is 5.78 Å². The van der Waals surface area contributed by atoms with Crippen LogP contribution < -0.4 is 0 Å². The number of carbonyl (C=O) groups is 1. The van der Waals surface area contributed by atoms with E-state index < -0.39 is 23.0 Å². The molecule has 3 heteroatoms. The third-order valence-electron chi connectivity index (χ3n) is 3.57. The molecule has 0 atom stereocenters. The minimum absolute atomic E-state index is 0.00430. The van der Waals surface area contributed by atoms with Gasteiger partial charge in [0, 0.05) is 6.42 Å². The van der Waals surface area contributed by atoms with Crippen LogP contribution in [0.1, 0.15) is 46.8 Å². The molecule has 0 aliphatic heterocycles. The van der Waals surface area contributed by atoms with Crippen LogP contribution in [0.3, 0.4) is 0 Å².